The molecule has 1 rings (SSSR count). The average Bonchev–Trinajstić information content (AvgIpc) is 2.28. The maximum absolute atomic E-state index is 5.08. The average molecular weight is 183 g/mol. The fraction of sp³-hybridized carbons (Fsp3) is 0.125. The van der Waals surface area contributed by atoms with Crippen molar-refractivity contribution >= 4 is 35.7 Å². The van der Waals surface area contributed by atoms with Crippen LogP contribution < -0.4 is 0 Å². The molecule has 0 aliphatic heterocycles. The Balaban J connectivity index is 3.49. The molecule has 1 aromatic heterocycles. The monoisotopic (exact) mass is 183 g/mol. The van der Waals surface area contributed by atoms with E-state index in [1.807, 2.05) is 11.6 Å². The third-order valence-corrected chi connectivity index (χ3v) is 3.03. The Morgan fingerprint density at radius 3 is 2.45 bits per heavy atom. The van der Waals surface area contributed by atoms with Gasteiger partial charge in [0.15, 0.2) is 3.95 Å². The molecule has 0 amide bonds. The molecule has 0 fully saturated rings. The van der Waals surface area contributed by atoms with Crippen LogP contribution in [0.1, 0.15) is 10.6 Å². The van der Waals surface area contributed by atoms with Gasteiger partial charge in [-0.25, -0.2) is 0 Å². The standard InChI is InChI=1S/C8H9NS2/c1-4-6-7(5-2)11-8(10)9(6)3/h4-5H,1-2H2,3H3. The Bertz CT molecular complexity index is 343. The number of aromatic nitrogens is 1. The Kier molecular flexibility index (Phi) is 2.42. The zero-order valence-corrected chi connectivity index (χ0v) is 7.97. The van der Waals surface area contributed by atoms with Crippen LogP contribution in [-0.2, 0) is 7.05 Å². The number of hydrogen-bond donors (Lipinski definition) is 0. The second-order valence-corrected chi connectivity index (χ2v) is 3.76. The number of nitrogens with zero attached hydrogens (tertiary/aromatic N) is 1. The number of hydrogen-bond acceptors (Lipinski definition) is 2. The van der Waals surface area contributed by atoms with Crippen molar-refractivity contribution in [2.24, 2.45) is 7.05 Å². The lowest BCUT2D eigenvalue weighted by Gasteiger charge is -1.94. The smallest absolute Gasteiger partial charge is 0.161 e. The van der Waals surface area contributed by atoms with E-state index in [0.29, 0.717) is 0 Å². The Morgan fingerprint density at radius 2 is 2.09 bits per heavy atom. The summed E-state index contributed by atoms with van der Waals surface area (Å²) in [6.45, 7) is 7.40. The predicted octanol–water partition coefficient (Wildman–Crippen LogP) is 3.10. The lowest BCUT2D eigenvalue weighted by Crippen LogP contribution is -1.89. The fourth-order valence-electron chi connectivity index (χ4n) is 0.862. The van der Waals surface area contributed by atoms with Crippen LogP contribution in [0.4, 0.5) is 0 Å². The van der Waals surface area contributed by atoms with E-state index in [4.69, 9.17) is 12.2 Å². The summed E-state index contributed by atoms with van der Waals surface area (Å²) >= 11 is 6.63. The highest BCUT2D eigenvalue weighted by atomic mass is 32.1. The summed E-state index contributed by atoms with van der Waals surface area (Å²) in [5.41, 5.74) is 1.05. The minimum atomic E-state index is 0.856. The van der Waals surface area contributed by atoms with Gasteiger partial charge in [0.1, 0.15) is 0 Å². The number of thiazole rings is 1. The van der Waals surface area contributed by atoms with Crippen molar-refractivity contribution in [1.82, 2.24) is 4.57 Å². The second kappa shape index (κ2) is 3.15. The molecular weight excluding hydrogens is 174 g/mol. The summed E-state index contributed by atoms with van der Waals surface area (Å²) in [7, 11) is 1.93. The van der Waals surface area contributed by atoms with E-state index in [2.05, 4.69) is 13.2 Å². The van der Waals surface area contributed by atoms with Crippen molar-refractivity contribution in [3.05, 3.63) is 27.7 Å². The van der Waals surface area contributed by atoms with Gasteiger partial charge in [0.05, 0.1) is 10.6 Å². The zero-order chi connectivity index (χ0) is 8.43. The summed E-state index contributed by atoms with van der Waals surface area (Å²) in [6.07, 6.45) is 3.60. The van der Waals surface area contributed by atoms with Crippen molar-refractivity contribution < 1.29 is 0 Å². The molecule has 0 aliphatic rings. The van der Waals surface area contributed by atoms with Gasteiger partial charge in [-0.15, -0.1) is 11.3 Å². The Hall–Kier alpha value is -0.670. The lowest BCUT2D eigenvalue weighted by molar-refractivity contribution is 0.906. The first kappa shape index (κ1) is 8.43. The Morgan fingerprint density at radius 1 is 1.45 bits per heavy atom. The van der Waals surface area contributed by atoms with Gasteiger partial charge in [-0.05, 0) is 24.4 Å². The van der Waals surface area contributed by atoms with Gasteiger partial charge in [-0.3, -0.25) is 0 Å². The molecule has 0 atom stereocenters. The third-order valence-electron chi connectivity index (χ3n) is 1.46. The molecule has 0 spiro atoms. The first-order chi connectivity index (χ1) is 5.20. The van der Waals surface area contributed by atoms with Gasteiger partial charge in [-0.1, -0.05) is 13.2 Å². The highest BCUT2D eigenvalue weighted by Crippen LogP contribution is 2.20. The van der Waals surface area contributed by atoms with Crippen LogP contribution in [0.25, 0.3) is 12.2 Å². The van der Waals surface area contributed by atoms with Crippen LogP contribution in [-0.4, -0.2) is 4.57 Å². The summed E-state index contributed by atoms with van der Waals surface area (Å²) in [4.78, 5) is 1.09. The summed E-state index contributed by atoms with van der Waals surface area (Å²) < 4.78 is 2.79. The molecule has 0 aliphatic carbocycles. The first-order valence-corrected chi connectivity index (χ1v) is 4.38. The van der Waals surface area contributed by atoms with Crippen LogP contribution in [0.2, 0.25) is 0 Å². The molecule has 0 unspecified atom stereocenters. The Labute approximate surface area is 75.3 Å². The molecule has 0 radical (unpaired) electrons. The molecule has 11 heavy (non-hydrogen) atoms. The highest BCUT2D eigenvalue weighted by Gasteiger charge is 2.02. The van der Waals surface area contributed by atoms with E-state index < -0.39 is 0 Å². The molecular formula is C8H9NS2. The van der Waals surface area contributed by atoms with Crippen LogP contribution in [0.5, 0.6) is 0 Å². The quantitative estimate of drug-likeness (QED) is 0.638. The molecule has 0 saturated carbocycles. The van der Waals surface area contributed by atoms with Crippen molar-refractivity contribution in [3.8, 4) is 0 Å². The molecule has 1 heterocycles. The van der Waals surface area contributed by atoms with Crippen molar-refractivity contribution in [3.63, 3.8) is 0 Å². The summed E-state index contributed by atoms with van der Waals surface area (Å²) in [5.74, 6) is 0. The number of rotatable bonds is 2. The fourth-order valence-corrected chi connectivity index (χ4v) is 2.06. The predicted molar refractivity (Wildman–Crippen MR) is 54.3 cm³/mol. The molecule has 3 heteroatoms. The highest BCUT2D eigenvalue weighted by molar-refractivity contribution is 7.73. The van der Waals surface area contributed by atoms with Gasteiger partial charge in [0, 0.05) is 7.05 Å². The minimum Gasteiger partial charge on any atom is -0.326 e. The van der Waals surface area contributed by atoms with Gasteiger partial charge in [-0.2, -0.15) is 0 Å². The van der Waals surface area contributed by atoms with Crippen LogP contribution >= 0.6 is 23.6 Å². The van der Waals surface area contributed by atoms with Gasteiger partial charge in [0.2, 0.25) is 0 Å². The minimum absolute atomic E-state index is 0.856. The van der Waals surface area contributed by atoms with Gasteiger partial charge < -0.3 is 4.57 Å². The van der Waals surface area contributed by atoms with Gasteiger partial charge in [0.25, 0.3) is 0 Å². The van der Waals surface area contributed by atoms with E-state index in [-0.39, 0.29) is 0 Å². The van der Waals surface area contributed by atoms with Crippen molar-refractivity contribution in [2.75, 3.05) is 0 Å². The molecule has 1 nitrogen and oxygen atoms in total. The van der Waals surface area contributed by atoms with E-state index in [0.717, 1.165) is 14.5 Å². The second-order valence-electron chi connectivity index (χ2n) is 2.08. The molecule has 0 aromatic carbocycles. The van der Waals surface area contributed by atoms with E-state index >= 15 is 0 Å². The van der Waals surface area contributed by atoms with Crippen LogP contribution in [0.3, 0.4) is 0 Å². The zero-order valence-electron chi connectivity index (χ0n) is 6.33. The summed E-state index contributed by atoms with van der Waals surface area (Å²) in [6, 6.07) is 0. The van der Waals surface area contributed by atoms with Crippen molar-refractivity contribution in [2.45, 2.75) is 0 Å². The third kappa shape index (κ3) is 1.34. The molecule has 1 aromatic rings. The maximum atomic E-state index is 5.08. The van der Waals surface area contributed by atoms with Gasteiger partial charge >= 0.3 is 0 Å². The normalized spacial score (nSPS) is 9.55. The molecule has 0 saturated heterocycles. The lowest BCUT2D eigenvalue weighted by atomic mass is 10.3. The molecule has 0 N–H and O–H groups in total. The SMILES string of the molecule is C=Cc1sc(=S)n(C)c1C=C. The van der Waals surface area contributed by atoms with Crippen LogP contribution in [0, 0.1) is 3.95 Å². The topological polar surface area (TPSA) is 4.93 Å². The van der Waals surface area contributed by atoms with E-state index in [1.165, 1.54) is 0 Å². The van der Waals surface area contributed by atoms with E-state index in [1.54, 1.807) is 23.5 Å². The van der Waals surface area contributed by atoms with Crippen LogP contribution in [0.15, 0.2) is 13.2 Å². The largest absolute Gasteiger partial charge is 0.326 e. The van der Waals surface area contributed by atoms with E-state index in [9.17, 15) is 0 Å². The first-order valence-electron chi connectivity index (χ1n) is 3.15. The maximum Gasteiger partial charge on any atom is 0.161 e. The molecule has 58 valence electrons. The summed E-state index contributed by atoms with van der Waals surface area (Å²) in [5, 5.41) is 0. The van der Waals surface area contributed by atoms with Crippen molar-refractivity contribution in [1.29, 1.82) is 0 Å². The molecule has 0 bridgehead atoms.